The number of rotatable bonds is 7. The van der Waals surface area contributed by atoms with Crippen LogP contribution < -0.4 is 0 Å². The zero-order valence-corrected chi connectivity index (χ0v) is 35.4. The van der Waals surface area contributed by atoms with Crippen molar-refractivity contribution in [3.8, 4) is 67.8 Å². The summed E-state index contributed by atoms with van der Waals surface area (Å²) in [6.07, 6.45) is 0. The Labute approximate surface area is 371 Å². The van der Waals surface area contributed by atoms with Crippen molar-refractivity contribution in [2.45, 2.75) is 13.8 Å². The summed E-state index contributed by atoms with van der Waals surface area (Å²) in [5.41, 5.74) is 16.8. The molecule has 0 unspecified atom stereocenters. The molecule has 0 aliphatic heterocycles. The first kappa shape index (κ1) is 37.4. The molecule has 0 atom stereocenters. The van der Waals surface area contributed by atoms with Crippen molar-refractivity contribution < 1.29 is 0 Å². The smallest absolute Gasteiger partial charge is 0.164 e. The number of hydrogen-bond donors (Lipinski definition) is 0. The van der Waals surface area contributed by atoms with Crippen LogP contribution in [0.5, 0.6) is 0 Å². The normalized spacial score (nSPS) is 11.6. The third-order valence-electron chi connectivity index (χ3n) is 12.4. The van der Waals surface area contributed by atoms with Crippen LogP contribution in [0.3, 0.4) is 0 Å². The summed E-state index contributed by atoms with van der Waals surface area (Å²) in [6.45, 7) is 4.34. The average molecular weight is 820 g/mol. The van der Waals surface area contributed by atoms with Gasteiger partial charge in [-0.3, -0.25) is 0 Å². The number of para-hydroxylation sites is 1. The maximum atomic E-state index is 5.02. The van der Waals surface area contributed by atoms with E-state index in [2.05, 4.69) is 175 Å². The minimum Gasteiger partial charge on any atom is -0.309 e. The van der Waals surface area contributed by atoms with E-state index >= 15 is 0 Å². The first-order chi connectivity index (χ1) is 31.5. The molecule has 0 aliphatic carbocycles. The van der Waals surface area contributed by atoms with Crippen molar-refractivity contribution in [3.05, 3.63) is 223 Å². The van der Waals surface area contributed by atoms with Gasteiger partial charge in [0.1, 0.15) is 0 Å². The average Bonchev–Trinajstić information content (AvgIpc) is 3.86. The Bertz CT molecular complexity index is 3630. The molecule has 0 spiro atoms. The molecule has 0 saturated heterocycles. The van der Waals surface area contributed by atoms with Crippen LogP contribution in [0, 0.1) is 13.8 Å². The molecule has 5 heteroatoms. The molecule has 0 aliphatic rings. The van der Waals surface area contributed by atoms with E-state index in [-0.39, 0.29) is 0 Å². The summed E-state index contributed by atoms with van der Waals surface area (Å²) in [5.74, 6) is 1.92. The fourth-order valence-electron chi connectivity index (χ4n) is 9.38. The quantitative estimate of drug-likeness (QED) is 0.161. The van der Waals surface area contributed by atoms with E-state index in [4.69, 9.17) is 15.0 Å². The molecule has 9 aromatic carbocycles. The van der Waals surface area contributed by atoms with E-state index in [9.17, 15) is 0 Å². The van der Waals surface area contributed by atoms with Crippen LogP contribution >= 0.6 is 0 Å². The molecule has 12 rings (SSSR count). The van der Waals surface area contributed by atoms with Gasteiger partial charge in [-0.25, -0.2) is 15.0 Å². The van der Waals surface area contributed by atoms with Gasteiger partial charge in [-0.15, -0.1) is 0 Å². The maximum absolute atomic E-state index is 5.02. The van der Waals surface area contributed by atoms with Crippen LogP contribution in [0.4, 0.5) is 0 Å². The molecule has 0 bridgehead atoms. The van der Waals surface area contributed by atoms with Gasteiger partial charge in [0.25, 0.3) is 0 Å². The summed E-state index contributed by atoms with van der Waals surface area (Å²) in [7, 11) is 0. The minimum atomic E-state index is 0.632. The summed E-state index contributed by atoms with van der Waals surface area (Å²) < 4.78 is 4.82. The van der Waals surface area contributed by atoms with Gasteiger partial charge in [-0.05, 0) is 103 Å². The van der Waals surface area contributed by atoms with E-state index in [1.165, 1.54) is 49.3 Å². The van der Waals surface area contributed by atoms with Crippen molar-refractivity contribution in [1.82, 2.24) is 24.1 Å². The highest BCUT2D eigenvalue weighted by Gasteiger charge is 2.18. The van der Waals surface area contributed by atoms with E-state index in [0.717, 1.165) is 55.8 Å². The number of aromatic nitrogens is 5. The van der Waals surface area contributed by atoms with E-state index < -0.39 is 0 Å². The second-order valence-electron chi connectivity index (χ2n) is 16.7. The predicted octanol–water partition coefficient (Wildman–Crippen LogP) is 15.0. The van der Waals surface area contributed by atoms with Gasteiger partial charge in [0.2, 0.25) is 0 Å². The fourth-order valence-corrected chi connectivity index (χ4v) is 9.38. The molecular formula is C59H41N5. The molecule has 0 amide bonds. The van der Waals surface area contributed by atoms with Gasteiger partial charge in [0.05, 0.1) is 22.1 Å². The Morgan fingerprint density at radius 1 is 0.266 bits per heavy atom. The van der Waals surface area contributed by atoms with E-state index in [1.54, 1.807) is 0 Å². The topological polar surface area (TPSA) is 48.5 Å². The maximum Gasteiger partial charge on any atom is 0.164 e. The number of hydrogen-bond acceptors (Lipinski definition) is 3. The molecule has 5 nitrogen and oxygen atoms in total. The number of fused-ring (bicyclic) bond motifs is 6. The van der Waals surface area contributed by atoms with Gasteiger partial charge in [0.15, 0.2) is 17.5 Å². The minimum absolute atomic E-state index is 0.632. The van der Waals surface area contributed by atoms with Crippen molar-refractivity contribution in [3.63, 3.8) is 0 Å². The fraction of sp³-hybridized carbons (Fsp3) is 0.0339. The summed E-state index contributed by atoms with van der Waals surface area (Å²) in [6, 6.07) is 75.8. The van der Waals surface area contributed by atoms with Crippen LogP contribution in [-0.4, -0.2) is 24.1 Å². The first-order valence-electron chi connectivity index (χ1n) is 21.8. The molecule has 0 saturated carbocycles. The highest BCUT2D eigenvalue weighted by molar-refractivity contribution is 6.11. The lowest BCUT2D eigenvalue weighted by Gasteiger charge is -2.13. The predicted molar refractivity (Wildman–Crippen MR) is 265 cm³/mol. The van der Waals surface area contributed by atoms with Crippen LogP contribution in [0.15, 0.2) is 212 Å². The van der Waals surface area contributed by atoms with Crippen molar-refractivity contribution in [2.75, 3.05) is 0 Å². The lowest BCUT2D eigenvalue weighted by atomic mass is 10.0. The van der Waals surface area contributed by atoms with Gasteiger partial charge in [-0.1, -0.05) is 157 Å². The Balaban J connectivity index is 0.960. The monoisotopic (exact) mass is 819 g/mol. The molecule has 3 aromatic heterocycles. The lowest BCUT2D eigenvalue weighted by Crippen LogP contribution is -2.00. The summed E-state index contributed by atoms with van der Waals surface area (Å²) in [4.78, 5) is 14.9. The van der Waals surface area contributed by atoms with Gasteiger partial charge in [0, 0.05) is 49.6 Å². The molecule has 0 N–H and O–H groups in total. The third-order valence-corrected chi connectivity index (χ3v) is 12.4. The summed E-state index contributed by atoms with van der Waals surface area (Å²) >= 11 is 0. The Hall–Kier alpha value is -8.41. The van der Waals surface area contributed by atoms with Crippen LogP contribution in [0.25, 0.3) is 111 Å². The second kappa shape index (κ2) is 15.2. The van der Waals surface area contributed by atoms with Crippen molar-refractivity contribution in [1.29, 1.82) is 0 Å². The van der Waals surface area contributed by atoms with Gasteiger partial charge < -0.3 is 9.13 Å². The van der Waals surface area contributed by atoms with E-state index in [0.29, 0.717) is 17.5 Å². The van der Waals surface area contributed by atoms with Crippen molar-refractivity contribution >= 4 is 43.6 Å². The number of aryl methyl sites for hydroxylation is 2. The van der Waals surface area contributed by atoms with Crippen LogP contribution in [0.1, 0.15) is 11.1 Å². The molecule has 0 radical (unpaired) electrons. The highest BCUT2D eigenvalue weighted by Crippen LogP contribution is 2.38. The van der Waals surface area contributed by atoms with Crippen molar-refractivity contribution in [2.24, 2.45) is 0 Å². The Kier molecular flexibility index (Phi) is 8.87. The van der Waals surface area contributed by atoms with Crippen LogP contribution in [-0.2, 0) is 0 Å². The number of benzene rings is 9. The first-order valence-corrected chi connectivity index (χ1v) is 21.8. The van der Waals surface area contributed by atoms with Crippen LogP contribution in [0.2, 0.25) is 0 Å². The largest absolute Gasteiger partial charge is 0.309 e. The van der Waals surface area contributed by atoms with E-state index in [1.807, 2.05) is 60.7 Å². The highest BCUT2D eigenvalue weighted by atomic mass is 15.0. The zero-order chi connectivity index (χ0) is 42.7. The molecule has 302 valence electrons. The van der Waals surface area contributed by atoms with Gasteiger partial charge >= 0.3 is 0 Å². The molecule has 3 heterocycles. The standard InChI is InChI=1S/C59H41N5/c1-38-26-30-54-51(32-38)52-33-39(2)27-31-55(52)63(54)47-22-13-20-44(36-47)45-28-29-50-49-24-9-10-25-53(49)64(56(50)37-45)48-23-12-19-43(35-48)42-18-11-21-46(34-42)59-61-57(40-14-5-3-6-15-40)60-58(62-59)41-16-7-4-8-17-41/h3-37H,1-2H3. The zero-order valence-electron chi connectivity index (χ0n) is 35.4. The lowest BCUT2D eigenvalue weighted by molar-refractivity contribution is 1.07. The molecular weight excluding hydrogens is 779 g/mol. The third kappa shape index (κ3) is 6.45. The Morgan fingerprint density at radius 2 is 0.688 bits per heavy atom. The number of nitrogens with zero attached hydrogens (tertiary/aromatic N) is 5. The molecule has 12 aromatic rings. The van der Waals surface area contributed by atoms with Gasteiger partial charge in [-0.2, -0.15) is 0 Å². The molecule has 64 heavy (non-hydrogen) atoms. The SMILES string of the molecule is Cc1ccc2c(c1)c1cc(C)ccc1n2-c1cccc(-c2ccc3c4ccccc4n(-c4cccc(-c5cccc(-c6nc(-c7ccccc7)nc(-c7ccccc7)n6)c5)c4)c3c2)c1. The Morgan fingerprint density at radius 3 is 1.28 bits per heavy atom. The second-order valence-corrected chi connectivity index (χ2v) is 16.7. The molecule has 0 fully saturated rings. The summed E-state index contributed by atoms with van der Waals surface area (Å²) in [5, 5.41) is 5.00.